The van der Waals surface area contributed by atoms with Crippen LogP contribution in [0.5, 0.6) is 0 Å². The first-order valence-electron chi connectivity index (χ1n) is 8.04. The van der Waals surface area contributed by atoms with Crippen molar-refractivity contribution in [1.29, 1.82) is 0 Å². The molecule has 1 saturated carbocycles. The first-order chi connectivity index (χ1) is 11.3. The minimum atomic E-state index is -3.41. The third kappa shape index (κ3) is 5.06. The number of rotatable bonds is 5. The molecule has 0 unspecified atom stereocenters. The molecule has 7 heteroatoms. The number of carbonyl (C=O) groups excluding carboxylic acids is 2. The van der Waals surface area contributed by atoms with E-state index in [0.717, 1.165) is 31.9 Å². The lowest BCUT2D eigenvalue weighted by Gasteiger charge is -2.22. The van der Waals surface area contributed by atoms with E-state index in [9.17, 15) is 18.0 Å². The van der Waals surface area contributed by atoms with Gasteiger partial charge in [0.2, 0.25) is 0 Å². The monoisotopic (exact) mass is 353 g/mol. The lowest BCUT2D eigenvalue weighted by atomic mass is 9.95. The molecule has 1 fully saturated rings. The van der Waals surface area contributed by atoms with Gasteiger partial charge in [-0.2, -0.15) is 0 Å². The van der Waals surface area contributed by atoms with E-state index in [4.69, 9.17) is 4.74 Å². The molecule has 0 spiro atoms. The van der Waals surface area contributed by atoms with Crippen LogP contribution in [0, 0.1) is 6.92 Å². The summed E-state index contributed by atoms with van der Waals surface area (Å²) in [5, 5.41) is 2.86. The van der Waals surface area contributed by atoms with E-state index in [-0.39, 0.29) is 29.0 Å². The van der Waals surface area contributed by atoms with Crippen LogP contribution in [0.3, 0.4) is 0 Å². The second kappa shape index (κ2) is 7.79. The number of ether oxygens (including phenoxy) is 1. The number of esters is 1. The van der Waals surface area contributed by atoms with Crippen molar-refractivity contribution in [2.24, 2.45) is 0 Å². The number of hydrogen-bond acceptors (Lipinski definition) is 5. The molecule has 6 nitrogen and oxygen atoms in total. The van der Waals surface area contributed by atoms with Gasteiger partial charge in [-0.3, -0.25) is 4.79 Å². The van der Waals surface area contributed by atoms with E-state index in [0.29, 0.717) is 5.56 Å². The molecule has 24 heavy (non-hydrogen) atoms. The van der Waals surface area contributed by atoms with Crippen molar-refractivity contribution >= 4 is 21.7 Å². The minimum absolute atomic E-state index is 0.0479. The lowest BCUT2D eigenvalue weighted by molar-refractivity contribution is -0.125. The van der Waals surface area contributed by atoms with Crippen molar-refractivity contribution in [3.63, 3.8) is 0 Å². The molecule has 1 amide bonds. The van der Waals surface area contributed by atoms with Crippen LogP contribution < -0.4 is 5.32 Å². The molecule has 1 aromatic rings. The second-order valence-electron chi connectivity index (χ2n) is 6.23. The standard InChI is InChI=1S/C17H23NO5S/c1-12-8-9-14(24(2,21)22)10-15(12)17(20)23-11-16(19)18-13-6-4-3-5-7-13/h8-10,13H,3-7,11H2,1-2H3,(H,18,19). The Morgan fingerprint density at radius 1 is 1.21 bits per heavy atom. The summed E-state index contributed by atoms with van der Waals surface area (Å²) < 4.78 is 28.2. The molecule has 0 atom stereocenters. The molecule has 0 heterocycles. The van der Waals surface area contributed by atoms with Crippen LogP contribution in [-0.2, 0) is 19.4 Å². The van der Waals surface area contributed by atoms with Gasteiger partial charge in [0, 0.05) is 12.3 Å². The van der Waals surface area contributed by atoms with E-state index < -0.39 is 15.8 Å². The molecule has 0 aromatic heterocycles. The van der Waals surface area contributed by atoms with Crippen LogP contribution in [-0.4, -0.2) is 39.2 Å². The van der Waals surface area contributed by atoms with Gasteiger partial charge in [-0.1, -0.05) is 25.3 Å². The van der Waals surface area contributed by atoms with Gasteiger partial charge in [-0.05, 0) is 37.5 Å². The summed E-state index contributed by atoms with van der Waals surface area (Å²) in [4.78, 5) is 24.1. The van der Waals surface area contributed by atoms with Crippen molar-refractivity contribution in [3.05, 3.63) is 29.3 Å². The highest BCUT2D eigenvalue weighted by atomic mass is 32.2. The molecule has 1 aliphatic rings. The van der Waals surface area contributed by atoms with E-state index in [1.165, 1.54) is 18.6 Å². The molecule has 1 aromatic carbocycles. The van der Waals surface area contributed by atoms with Gasteiger partial charge >= 0.3 is 5.97 Å². The topological polar surface area (TPSA) is 89.5 Å². The molecule has 1 aliphatic carbocycles. The molecule has 0 radical (unpaired) electrons. The van der Waals surface area contributed by atoms with Crippen LogP contribution >= 0.6 is 0 Å². The maximum atomic E-state index is 12.1. The fraction of sp³-hybridized carbons (Fsp3) is 0.529. The van der Waals surface area contributed by atoms with Gasteiger partial charge in [-0.15, -0.1) is 0 Å². The number of amides is 1. The van der Waals surface area contributed by atoms with Gasteiger partial charge in [0.15, 0.2) is 16.4 Å². The average Bonchev–Trinajstić information content (AvgIpc) is 2.53. The highest BCUT2D eigenvalue weighted by Crippen LogP contribution is 2.18. The van der Waals surface area contributed by atoms with E-state index in [1.54, 1.807) is 13.0 Å². The van der Waals surface area contributed by atoms with Crippen LogP contribution in [0.25, 0.3) is 0 Å². The Bertz CT molecular complexity index is 720. The molecule has 2 rings (SSSR count). The van der Waals surface area contributed by atoms with Crippen molar-refractivity contribution < 1.29 is 22.7 Å². The van der Waals surface area contributed by atoms with Gasteiger partial charge in [0.25, 0.3) is 5.91 Å². The number of aryl methyl sites for hydroxylation is 1. The summed E-state index contributed by atoms with van der Waals surface area (Å²) in [5.41, 5.74) is 0.753. The largest absolute Gasteiger partial charge is 0.452 e. The normalized spacial score (nSPS) is 15.8. The summed E-state index contributed by atoms with van der Waals surface area (Å²) in [5.74, 6) is -1.02. The SMILES string of the molecule is Cc1ccc(S(C)(=O)=O)cc1C(=O)OCC(=O)NC1CCCCC1. The minimum Gasteiger partial charge on any atom is -0.452 e. The van der Waals surface area contributed by atoms with Crippen molar-refractivity contribution in [2.45, 2.75) is 50.0 Å². The molecule has 132 valence electrons. The van der Waals surface area contributed by atoms with Crippen molar-refractivity contribution in [3.8, 4) is 0 Å². The Balaban J connectivity index is 1.95. The zero-order chi connectivity index (χ0) is 17.7. The fourth-order valence-corrected chi connectivity index (χ4v) is 3.42. The quantitative estimate of drug-likeness (QED) is 0.818. The zero-order valence-electron chi connectivity index (χ0n) is 14.0. The van der Waals surface area contributed by atoms with Crippen LogP contribution in [0.15, 0.2) is 23.1 Å². The molecule has 0 aliphatic heterocycles. The first kappa shape index (κ1) is 18.4. The highest BCUT2D eigenvalue weighted by molar-refractivity contribution is 7.90. The highest BCUT2D eigenvalue weighted by Gasteiger charge is 2.19. The number of hydrogen-bond donors (Lipinski definition) is 1. The molecular weight excluding hydrogens is 330 g/mol. The summed E-state index contributed by atoms with van der Waals surface area (Å²) in [6.45, 7) is 1.32. The number of carbonyl (C=O) groups is 2. The predicted molar refractivity (Wildman–Crippen MR) is 89.6 cm³/mol. The smallest absolute Gasteiger partial charge is 0.338 e. The van der Waals surface area contributed by atoms with Gasteiger partial charge in [0.1, 0.15) is 0 Å². The van der Waals surface area contributed by atoms with Crippen LogP contribution in [0.4, 0.5) is 0 Å². The molecular formula is C17H23NO5S. The number of sulfone groups is 1. The Labute approximate surface area is 142 Å². The number of benzene rings is 1. The maximum absolute atomic E-state index is 12.1. The molecule has 0 bridgehead atoms. The summed E-state index contributed by atoms with van der Waals surface area (Å²) in [6.07, 6.45) is 6.37. The molecule has 1 N–H and O–H groups in total. The Kier molecular flexibility index (Phi) is 5.99. The predicted octanol–water partition coefficient (Wildman–Crippen LogP) is 2.00. The summed E-state index contributed by atoms with van der Waals surface area (Å²) >= 11 is 0. The second-order valence-corrected chi connectivity index (χ2v) is 8.24. The lowest BCUT2D eigenvalue weighted by Crippen LogP contribution is -2.38. The average molecular weight is 353 g/mol. The first-order valence-corrected chi connectivity index (χ1v) is 9.93. The summed E-state index contributed by atoms with van der Waals surface area (Å²) in [6, 6.07) is 4.43. The van der Waals surface area contributed by atoms with Gasteiger partial charge in [-0.25, -0.2) is 13.2 Å². The van der Waals surface area contributed by atoms with Crippen LogP contribution in [0.2, 0.25) is 0 Å². The third-order valence-corrected chi connectivity index (χ3v) is 5.27. The van der Waals surface area contributed by atoms with Crippen LogP contribution in [0.1, 0.15) is 48.0 Å². The third-order valence-electron chi connectivity index (χ3n) is 4.16. The number of nitrogens with one attached hydrogen (secondary N) is 1. The Morgan fingerprint density at radius 2 is 1.88 bits per heavy atom. The van der Waals surface area contributed by atoms with Crippen molar-refractivity contribution in [1.82, 2.24) is 5.32 Å². The van der Waals surface area contributed by atoms with E-state index in [2.05, 4.69) is 5.32 Å². The van der Waals surface area contributed by atoms with Gasteiger partial charge < -0.3 is 10.1 Å². The van der Waals surface area contributed by atoms with E-state index in [1.807, 2.05) is 0 Å². The Morgan fingerprint density at radius 3 is 2.50 bits per heavy atom. The van der Waals surface area contributed by atoms with E-state index >= 15 is 0 Å². The molecule has 0 saturated heterocycles. The maximum Gasteiger partial charge on any atom is 0.338 e. The Hall–Kier alpha value is -1.89. The van der Waals surface area contributed by atoms with Gasteiger partial charge in [0.05, 0.1) is 10.5 Å². The fourth-order valence-electron chi connectivity index (χ4n) is 2.78. The summed E-state index contributed by atoms with van der Waals surface area (Å²) in [7, 11) is -3.41. The zero-order valence-corrected chi connectivity index (χ0v) is 14.8. The van der Waals surface area contributed by atoms with Crippen molar-refractivity contribution in [2.75, 3.05) is 12.9 Å².